The van der Waals surface area contributed by atoms with Crippen molar-refractivity contribution in [2.75, 3.05) is 0 Å². The lowest BCUT2D eigenvalue weighted by molar-refractivity contribution is 0.755. The minimum Gasteiger partial charge on any atom is -0.310 e. The predicted molar refractivity (Wildman–Crippen MR) is 217 cm³/mol. The van der Waals surface area contributed by atoms with E-state index in [0.717, 1.165) is 22.3 Å². The normalized spacial score (nSPS) is 16.6. The summed E-state index contributed by atoms with van der Waals surface area (Å²) in [5.41, 5.74) is 22.6. The van der Waals surface area contributed by atoms with E-state index in [1.807, 2.05) is 4.68 Å². The summed E-state index contributed by atoms with van der Waals surface area (Å²) < 4.78 is 6.81. The molecule has 53 heavy (non-hydrogen) atoms. The van der Waals surface area contributed by atoms with Crippen LogP contribution in [0.3, 0.4) is 0 Å². The summed E-state index contributed by atoms with van der Waals surface area (Å²) in [5, 5.41) is 3.34. The van der Waals surface area contributed by atoms with Gasteiger partial charge in [-0.2, -0.15) is 0 Å². The van der Waals surface area contributed by atoms with Crippen LogP contribution in [0.15, 0.2) is 132 Å². The lowest BCUT2D eigenvalue weighted by Crippen LogP contribution is -2.50. The van der Waals surface area contributed by atoms with Gasteiger partial charge < -0.3 is 9.16 Å². The maximum absolute atomic E-state index is 14.9. The molecule has 0 fully saturated rings. The van der Waals surface area contributed by atoms with Gasteiger partial charge in [-0.25, -0.2) is 4.68 Å². The van der Waals surface area contributed by atoms with Gasteiger partial charge in [0, 0.05) is 33.8 Å². The van der Waals surface area contributed by atoms with Crippen LogP contribution in [0.5, 0.6) is 0 Å². The van der Waals surface area contributed by atoms with E-state index in [1.54, 1.807) is 0 Å². The minimum atomic E-state index is -0.140. The molecule has 9 aromatic rings. The molecule has 3 aliphatic carbocycles. The summed E-state index contributed by atoms with van der Waals surface area (Å²) in [5.74, 6) is 0.259. The number of benzene rings is 7. The summed E-state index contributed by atoms with van der Waals surface area (Å²) in [6, 6.07) is 47.2. The molecular weight excluding hydrogens is 645 g/mol. The average Bonchev–Trinajstić information content (AvgIpc) is 3.80. The Hall–Kier alpha value is -6.33. The van der Waals surface area contributed by atoms with E-state index >= 15 is 0 Å². The summed E-state index contributed by atoms with van der Waals surface area (Å²) in [7, 11) is 0. The van der Waals surface area contributed by atoms with Gasteiger partial charge in [0.25, 0.3) is 5.56 Å². The molecule has 0 unspecified atom stereocenters. The van der Waals surface area contributed by atoms with Crippen molar-refractivity contribution in [1.29, 1.82) is 0 Å². The maximum atomic E-state index is 14.9. The Morgan fingerprint density at radius 3 is 1.89 bits per heavy atom. The summed E-state index contributed by atoms with van der Waals surface area (Å²) >= 11 is 0. The lowest BCUT2D eigenvalue weighted by Gasteiger charge is -2.42. The van der Waals surface area contributed by atoms with Crippen molar-refractivity contribution in [3.8, 4) is 22.5 Å². The van der Waals surface area contributed by atoms with E-state index in [2.05, 4.69) is 157 Å². The highest BCUT2D eigenvalue weighted by atomic mass is 16.1. The molecule has 2 bridgehead atoms. The Morgan fingerprint density at radius 1 is 0.566 bits per heavy atom. The van der Waals surface area contributed by atoms with Gasteiger partial charge in [-0.15, -0.1) is 0 Å². The van der Waals surface area contributed by atoms with Gasteiger partial charge >= 0.3 is 6.85 Å². The van der Waals surface area contributed by atoms with Crippen molar-refractivity contribution in [3.05, 3.63) is 188 Å². The van der Waals surface area contributed by atoms with E-state index in [9.17, 15) is 4.79 Å². The van der Waals surface area contributed by atoms with Gasteiger partial charge in [-0.3, -0.25) is 4.79 Å². The van der Waals surface area contributed by atoms with Gasteiger partial charge in [0.1, 0.15) is 0 Å². The number of fused-ring (bicyclic) bond motifs is 10. The SMILES string of the molecule is Cc1cc(C)c(-c2ccc3c4c2c2ccccc2n4-c2cccc4c2B3n2c3cc5c(cc3c(=O)n2-4)C2c3ccccc3C5c3ccccc32)c(C)c1. The van der Waals surface area contributed by atoms with Gasteiger partial charge in [0.15, 0.2) is 0 Å². The molecule has 0 atom stereocenters. The van der Waals surface area contributed by atoms with Crippen molar-refractivity contribution < 1.29 is 0 Å². The van der Waals surface area contributed by atoms with Crippen LogP contribution in [-0.4, -0.2) is 20.7 Å². The predicted octanol–water partition coefficient (Wildman–Crippen LogP) is 8.75. The van der Waals surface area contributed by atoms with Gasteiger partial charge in [0.05, 0.1) is 27.6 Å². The molecule has 2 aliphatic heterocycles. The van der Waals surface area contributed by atoms with Crippen molar-refractivity contribution in [1.82, 2.24) is 13.8 Å². The number of para-hydroxylation sites is 1. The largest absolute Gasteiger partial charge is 0.353 e. The molecule has 5 heteroatoms. The molecule has 5 aliphatic rings. The Labute approximate surface area is 306 Å². The quantitative estimate of drug-likeness (QED) is 0.160. The molecule has 4 nitrogen and oxygen atoms in total. The van der Waals surface area contributed by atoms with Gasteiger partial charge in [0.2, 0.25) is 0 Å². The molecule has 0 amide bonds. The van der Waals surface area contributed by atoms with E-state index in [1.165, 1.54) is 93.9 Å². The Kier molecular flexibility index (Phi) is 5.00. The molecule has 0 saturated heterocycles. The van der Waals surface area contributed by atoms with Crippen molar-refractivity contribution in [3.63, 3.8) is 0 Å². The third-order valence-corrected chi connectivity index (χ3v) is 13.1. The molecule has 7 aromatic carbocycles. The minimum absolute atomic E-state index is 0.0573. The van der Waals surface area contributed by atoms with Crippen LogP contribution in [0.25, 0.3) is 55.2 Å². The van der Waals surface area contributed by atoms with Crippen LogP contribution in [0.4, 0.5) is 0 Å². The van der Waals surface area contributed by atoms with Crippen LogP contribution in [0.1, 0.15) is 61.9 Å². The molecule has 0 radical (unpaired) electrons. The molecule has 248 valence electrons. The fourth-order valence-electron chi connectivity index (χ4n) is 11.4. The smallest absolute Gasteiger partial charge is 0.310 e. The number of aromatic nitrogens is 3. The Balaban J connectivity index is 1.14. The number of rotatable bonds is 1. The second-order valence-corrected chi connectivity index (χ2v) is 15.7. The first kappa shape index (κ1) is 28.3. The molecular formula is C48H32BN3O. The maximum Gasteiger partial charge on any atom is 0.353 e. The molecule has 14 rings (SSSR count). The summed E-state index contributed by atoms with van der Waals surface area (Å²) in [6.45, 7) is 6.53. The molecule has 2 aromatic heterocycles. The molecule has 0 spiro atoms. The van der Waals surface area contributed by atoms with Crippen molar-refractivity contribution in [2.45, 2.75) is 32.6 Å². The van der Waals surface area contributed by atoms with E-state index in [-0.39, 0.29) is 24.2 Å². The van der Waals surface area contributed by atoms with Crippen LogP contribution in [-0.2, 0) is 0 Å². The van der Waals surface area contributed by atoms with E-state index in [4.69, 9.17) is 0 Å². The fraction of sp³-hybridized carbons (Fsp3) is 0.104. The lowest BCUT2D eigenvalue weighted by atomic mass is 9.49. The molecule has 4 heterocycles. The van der Waals surface area contributed by atoms with Crippen LogP contribution >= 0.6 is 0 Å². The number of hydrogen-bond acceptors (Lipinski definition) is 1. The van der Waals surface area contributed by atoms with E-state index < -0.39 is 0 Å². The highest BCUT2D eigenvalue weighted by Crippen LogP contribution is 2.56. The van der Waals surface area contributed by atoms with Crippen LogP contribution in [0.2, 0.25) is 0 Å². The van der Waals surface area contributed by atoms with Gasteiger partial charge in [-0.05, 0) is 112 Å². The van der Waals surface area contributed by atoms with Crippen LogP contribution in [0, 0.1) is 20.8 Å². The van der Waals surface area contributed by atoms with Crippen molar-refractivity contribution in [2.24, 2.45) is 0 Å². The highest BCUT2D eigenvalue weighted by molar-refractivity contribution is 6.89. The van der Waals surface area contributed by atoms with Crippen LogP contribution < -0.4 is 16.5 Å². The zero-order valence-corrected chi connectivity index (χ0v) is 29.6. The summed E-state index contributed by atoms with van der Waals surface area (Å²) in [4.78, 5) is 14.9. The standard InChI is InChI=1S/C48H32BN3O/c1-25-21-26(2)42(27(3)22-25)33-19-20-37-47-45(33)32-15-8-9-16-38(32)50(47)39-17-10-18-40-46(39)49(37)52-41-24-35-34(23-36(41)48(53)51(40)52)43-28-11-4-6-13-30(28)44(35)31-14-7-5-12-29(31)43/h4-24,43-44H,1-3H3. The number of nitrogens with zero attached hydrogens (tertiary/aromatic N) is 3. The number of hydrogen-bond donors (Lipinski definition) is 0. The topological polar surface area (TPSA) is 31.9 Å². The van der Waals surface area contributed by atoms with E-state index in [0.29, 0.717) is 0 Å². The second-order valence-electron chi connectivity index (χ2n) is 15.7. The zero-order chi connectivity index (χ0) is 35.0. The average molecular weight is 678 g/mol. The molecule has 0 N–H and O–H groups in total. The second kappa shape index (κ2) is 9.36. The van der Waals surface area contributed by atoms with Crippen molar-refractivity contribution >= 4 is 50.5 Å². The third-order valence-electron chi connectivity index (χ3n) is 13.1. The highest BCUT2D eigenvalue weighted by Gasteiger charge is 2.46. The summed E-state index contributed by atoms with van der Waals surface area (Å²) in [6.07, 6.45) is 0. The molecule has 0 saturated carbocycles. The van der Waals surface area contributed by atoms with Gasteiger partial charge in [-0.1, -0.05) is 103 Å². The fourth-order valence-corrected chi connectivity index (χ4v) is 11.4. The third kappa shape index (κ3) is 3.17. The first-order chi connectivity index (χ1) is 26.0. The first-order valence-corrected chi connectivity index (χ1v) is 18.8. The Bertz CT molecular complexity index is 3200. The first-order valence-electron chi connectivity index (χ1n) is 18.8. The monoisotopic (exact) mass is 677 g/mol. The number of aryl methyl sites for hydroxylation is 3. The Morgan fingerprint density at radius 2 is 1.19 bits per heavy atom. The zero-order valence-electron chi connectivity index (χ0n) is 29.6.